The highest BCUT2D eigenvalue weighted by Gasteiger charge is 2.17. The lowest BCUT2D eigenvalue weighted by Gasteiger charge is -2.11. The molecule has 21 heavy (non-hydrogen) atoms. The highest BCUT2D eigenvalue weighted by molar-refractivity contribution is 7.89. The van der Waals surface area contributed by atoms with Gasteiger partial charge in [0.2, 0.25) is 10.0 Å². The van der Waals surface area contributed by atoms with Gasteiger partial charge >= 0.3 is 0 Å². The van der Waals surface area contributed by atoms with Crippen molar-refractivity contribution < 1.29 is 22.7 Å². The lowest BCUT2D eigenvalue weighted by molar-refractivity contribution is 0.0745. The predicted octanol–water partition coefficient (Wildman–Crippen LogP) is 0.497. The SMILES string of the molecule is COc1ccc(S(N)(=O)=O)cc1C(=O)NCCOC(C)C. The fraction of sp³-hybridized carbons (Fsp3) is 0.462. The van der Waals surface area contributed by atoms with E-state index in [1.165, 1.54) is 25.3 Å². The molecule has 0 unspecified atom stereocenters. The normalized spacial score (nSPS) is 11.5. The topological polar surface area (TPSA) is 108 Å². The van der Waals surface area contributed by atoms with Gasteiger partial charge in [-0.05, 0) is 32.0 Å². The van der Waals surface area contributed by atoms with Gasteiger partial charge in [-0.1, -0.05) is 0 Å². The van der Waals surface area contributed by atoms with Gasteiger partial charge in [0.1, 0.15) is 5.75 Å². The maximum absolute atomic E-state index is 12.1. The first-order valence-electron chi connectivity index (χ1n) is 6.36. The summed E-state index contributed by atoms with van der Waals surface area (Å²) in [6.07, 6.45) is 0.0714. The van der Waals surface area contributed by atoms with E-state index in [1.807, 2.05) is 13.8 Å². The molecule has 1 amide bonds. The second-order valence-corrected chi connectivity index (χ2v) is 6.14. The molecule has 1 rings (SSSR count). The van der Waals surface area contributed by atoms with Crippen LogP contribution in [0.5, 0.6) is 5.75 Å². The summed E-state index contributed by atoms with van der Waals surface area (Å²) in [5.41, 5.74) is 0.105. The van der Waals surface area contributed by atoms with Crippen LogP contribution in [0.4, 0.5) is 0 Å². The van der Waals surface area contributed by atoms with Crippen LogP contribution in [0, 0.1) is 0 Å². The maximum Gasteiger partial charge on any atom is 0.255 e. The summed E-state index contributed by atoms with van der Waals surface area (Å²) in [6, 6.07) is 3.86. The third-order valence-electron chi connectivity index (χ3n) is 2.58. The Kier molecular flexibility index (Phi) is 6.13. The van der Waals surface area contributed by atoms with Crippen molar-refractivity contribution in [2.45, 2.75) is 24.8 Å². The summed E-state index contributed by atoms with van der Waals surface area (Å²) in [7, 11) is -2.49. The van der Waals surface area contributed by atoms with E-state index in [2.05, 4.69) is 5.32 Å². The Hall–Kier alpha value is -1.64. The fourth-order valence-corrected chi connectivity index (χ4v) is 2.14. The second kappa shape index (κ2) is 7.39. The Labute approximate surface area is 124 Å². The lowest BCUT2D eigenvalue weighted by atomic mass is 10.2. The Bertz CT molecular complexity index is 599. The smallest absolute Gasteiger partial charge is 0.255 e. The number of nitrogens with one attached hydrogen (secondary N) is 1. The minimum atomic E-state index is -3.88. The van der Waals surface area contributed by atoms with Gasteiger partial charge < -0.3 is 14.8 Å². The zero-order chi connectivity index (χ0) is 16.0. The Morgan fingerprint density at radius 3 is 2.57 bits per heavy atom. The zero-order valence-corrected chi connectivity index (χ0v) is 13.1. The number of carbonyl (C=O) groups excluding carboxylic acids is 1. The molecule has 7 nitrogen and oxygen atoms in total. The van der Waals surface area contributed by atoms with E-state index in [0.717, 1.165) is 0 Å². The van der Waals surface area contributed by atoms with Gasteiger partial charge in [0.15, 0.2) is 0 Å². The number of amides is 1. The molecule has 118 valence electrons. The molecule has 0 aliphatic heterocycles. The van der Waals surface area contributed by atoms with E-state index >= 15 is 0 Å². The monoisotopic (exact) mass is 316 g/mol. The van der Waals surface area contributed by atoms with E-state index in [4.69, 9.17) is 14.6 Å². The number of carbonyl (C=O) groups is 1. The van der Waals surface area contributed by atoms with Crippen molar-refractivity contribution in [3.05, 3.63) is 23.8 Å². The van der Waals surface area contributed by atoms with Crippen LogP contribution in [-0.2, 0) is 14.8 Å². The Balaban J connectivity index is 2.86. The van der Waals surface area contributed by atoms with Gasteiger partial charge in [0.25, 0.3) is 5.91 Å². The molecule has 0 heterocycles. The number of hydrogen-bond donors (Lipinski definition) is 2. The second-order valence-electron chi connectivity index (χ2n) is 4.58. The number of nitrogens with two attached hydrogens (primary N) is 1. The molecule has 0 atom stereocenters. The lowest BCUT2D eigenvalue weighted by Crippen LogP contribution is -2.28. The largest absolute Gasteiger partial charge is 0.496 e. The van der Waals surface area contributed by atoms with Crippen molar-refractivity contribution in [2.24, 2.45) is 5.14 Å². The summed E-state index contributed by atoms with van der Waals surface area (Å²) in [4.78, 5) is 11.9. The summed E-state index contributed by atoms with van der Waals surface area (Å²) < 4.78 is 33.0. The number of methoxy groups -OCH3 is 1. The molecule has 0 spiro atoms. The molecule has 0 aliphatic rings. The quantitative estimate of drug-likeness (QED) is 0.712. The molecule has 0 bridgehead atoms. The van der Waals surface area contributed by atoms with E-state index in [9.17, 15) is 13.2 Å². The first-order chi connectivity index (χ1) is 9.75. The highest BCUT2D eigenvalue weighted by atomic mass is 32.2. The first-order valence-corrected chi connectivity index (χ1v) is 7.91. The van der Waals surface area contributed by atoms with Crippen molar-refractivity contribution in [3.63, 3.8) is 0 Å². The number of primary sulfonamides is 1. The molecule has 0 aliphatic carbocycles. The Morgan fingerprint density at radius 2 is 2.05 bits per heavy atom. The molecule has 1 aromatic carbocycles. The zero-order valence-electron chi connectivity index (χ0n) is 12.3. The first kappa shape index (κ1) is 17.4. The van der Waals surface area contributed by atoms with Crippen LogP contribution >= 0.6 is 0 Å². The van der Waals surface area contributed by atoms with Crippen LogP contribution in [0.25, 0.3) is 0 Å². The maximum atomic E-state index is 12.1. The summed E-state index contributed by atoms with van der Waals surface area (Å²) >= 11 is 0. The van der Waals surface area contributed by atoms with E-state index in [1.54, 1.807) is 0 Å². The molecule has 0 saturated heterocycles. The van der Waals surface area contributed by atoms with E-state index < -0.39 is 15.9 Å². The van der Waals surface area contributed by atoms with Crippen LogP contribution < -0.4 is 15.2 Å². The van der Waals surface area contributed by atoms with Gasteiger partial charge in [-0.2, -0.15) is 0 Å². The van der Waals surface area contributed by atoms with Crippen molar-refractivity contribution in [2.75, 3.05) is 20.3 Å². The minimum Gasteiger partial charge on any atom is -0.496 e. The van der Waals surface area contributed by atoms with Crippen LogP contribution in [-0.4, -0.2) is 40.7 Å². The predicted molar refractivity (Wildman–Crippen MR) is 77.8 cm³/mol. The van der Waals surface area contributed by atoms with Crippen molar-refractivity contribution >= 4 is 15.9 Å². The Morgan fingerprint density at radius 1 is 1.38 bits per heavy atom. The molecule has 0 saturated carbocycles. The van der Waals surface area contributed by atoms with Gasteiger partial charge in [-0.25, -0.2) is 13.6 Å². The van der Waals surface area contributed by atoms with Crippen LogP contribution in [0.15, 0.2) is 23.1 Å². The molecule has 3 N–H and O–H groups in total. The molecular formula is C13H20N2O5S. The molecule has 1 aromatic rings. The van der Waals surface area contributed by atoms with Crippen molar-refractivity contribution in [1.82, 2.24) is 5.32 Å². The number of hydrogen-bond acceptors (Lipinski definition) is 5. The third-order valence-corrected chi connectivity index (χ3v) is 3.49. The highest BCUT2D eigenvalue weighted by Crippen LogP contribution is 2.21. The van der Waals surface area contributed by atoms with Gasteiger partial charge in [0, 0.05) is 6.54 Å². The number of ether oxygens (including phenoxy) is 2. The summed E-state index contributed by atoms with van der Waals surface area (Å²) in [6.45, 7) is 4.45. The minimum absolute atomic E-state index is 0.0714. The standard InChI is InChI=1S/C13H20N2O5S/c1-9(2)20-7-6-15-13(16)11-8-10(21(14,17)18)4-5-12(11)19-3/h4-5,8-9H,6-7H2,1-3H3,(H,15,16)(H2,14,17,18). The van der Waals surface area contributed by atoms with E-state index in [-0.39, 0.29) is 22.3 Å². The fourth-order valence-electron chi connectivity index (χ4n) is 1.60. The van der Waals surface area contributed by atoms with Gasteiger partial charge in [-0.15, -0.1) is 0 Å². The number of sulfonamides is 1. The molecule has 0 fully saturated rings. The summed E-state index contributed by atoms with van der Waals surface area (Å²) in [5.74, 6) is -0.186. The third kappa shape index (κ3) is 5.33. The van der Waals surface area contributed by atoms with Crippen LogP contribution in [0.1, 0.15) is 24.2 Å². The van der Waals surface area contributed by atoms with Crippen LogP contribution in [0.2, 0.25) is 0 Å². The van der Waals surface area contributed by atoms with Crippen LogP contribution in [0.3, 0.4) is 0 Å². The average molecular weight is 316 g/mol. The van der Waals surface area contributed by atoms with E-state index in [0.29, 0.717) is 13.2 Å². The average Bonchev–Trinajstić information content (AvgIpc) is 2.41. The molecule has 8 heteroatoms. The molecule has 0 aromatic heterocycles. The van der Waals surface area contributed by atoms with Gasteiger partial charge in [0.05, 0.1) is 30.3 Å². The van der Waals surface area contributed by atoms with Gasteiger partial charge in [-0.3, -0.25) is 4.79 Å². The summed E-state index contributed by atoms with van der Waals surface area (Å²) in [5, 5.41) is 7.68. The molecular weight excluding hydrogens is 296 g/mol. The number of rotatable bonds is 7. The molecule has 0 radical (unpaired) electrons. The van der Waals surface area contributed by atoms with Crippen molar-refractivity contribution in [1.29, 1.82) is 0 Å². The van der Waals surface area contributed by atoms with Crippen molar-refractivity contribution in [3.8, 4) is 5.75 Å². The number of benzene rings is 1.